The van der Waals surface area contributed by atoms with Crippen LogP contribution in [0.2, 0.25) is 0 Å². The first kappa shape index (κ1) is 21.9. The summed E-state index contributed by atoms with van der Waals surface area (Å²) in [5.74, 6) is 0.434. The minimum atomic E-state index is -3.87. The fourth-order valence-corrected chi connectivity index (χ4v) is 5.19. The highest BCUT2D eigenvalue weighted by atomic mass is 32.2. The zero-order valence-corrected chi connectivity index (χ0v) is 18.1. The van der Waals surface area contributed by atoms with E-state index in [4.69, 9.17) is 4.74 Å². The molecule has 0 unspecified atom stereocenters. The Kier molecular flexibility index (Phi) is 6.69. The number of nitrogens with one attached hydrogen (secondary N) is 1. The normalized spacial score (nSPS) is 19.5. The lowest BCUT2D eigenvalue weighted by molar-refractivity contribution is 0.0967. The smallest absolute Gasteiger partial charge is 0.243 e. The van der Waals surface area contributed by atoms with Crippen molar-refractivity contribution in [1.82, 2.24) is 9.62 Å². The van der Waals surface area contributed by atoms with E-state index >= 15 is 0 Å². The first-order valence-electron chi connectivity index (χ1n) is 10.7. The lowest BCUT2D eigenvalue weighted by atomic mass is 10.1. The quantitative estimate of drug-likeness (QED) is 0.448. The van der Waals surface area contributed by atoms with Crippen molar-refractivity contribution in [2.75, 3.05) is 26.2 Å². The van der Waals surface area contributed by atoms with Gasteiger partial charge in [0.15, 0.2) is 5.78 Å². The second-order valence-electron chi connectivity index (χ2n) is 8.20. The standard InChI is InChI=1S/C23H27FN2O4S/c24-21-4-1-2-5-22(21)31(28,29)25-19-12-14-26(16-19)13-3-15-30-20-10-8-18(9-11-20)23(27)17-6-7-17/h1-2,4-5,8-11,17,19,25H,3,6-7,12-16H2/t19-/m0/s1. The summed E-state index contributed by atoms with van der Waals surface area (Å²) in [5, 5.41) is 0. The van der Waals surface area contributed by atoms with E-state index in [0.29, 0.717) is 19.6 Å². The summed E-state index contributed by atoms with van der Waals surface area (Å²) in [4.78, 5) is 13.9. The predicted molar refractivity (Wildman–Crippen MR) is 115 cm³/mol. The third kappa shape index (κ3) is 5.70. The number of rotatable bonds is 10. The predicted octanol–water partition coefficient (Wildman–Crippen LogP) is 3.24. The first-order valence-corrected chi connectivity index (χ1v) is 12.2. The monoisotopic (exact) mass is 446 g/mol. The summed E-state index contributed by atoms with van der Waals surface area (Å²) >= 11 is 0. The van der Waals surface area contributed by atoms with Crippen molar-refractivity contribution in [3.8, 4) is 5.75 Å². The maximum atomic E-state index is 13.8. The molecule has 1 heterocycles. The zero-order valence-electron chi connectivity index (χ0n) is 17.3. The van der Waals surface area contributed by atoms with Crippen molar-refractivity contribution in [1.29, 1.82) is 0 Å². The van der Waals surface area contributed by atoms with Crippen molar-refractivity contribution < 1.29 is 22.3 Å². The highest BCUT2D eigenvalue weighted by Gasteiger charge is 2.30. The third-order valence-electron chi connectivity index (χ3n) is 5.69. The molecule has 2 aromatic carbocycles. The molecule has 0 spiro atoms. The topological polar surface area (TPSA) is 75.7 Å². The van der Waals surface area contributed by atoms with Crippen molar-refractivity contribution >= 4 is 15.8 Å². The van der Waals surface area contributed by atoms with Crippen LogP contribution in [-0.2, 0) is 10.0 Å². The molecule has 8 heteroatoms. The van der Waals surface area contributed by atoms with Crippen molar-refractivity contribution in [3.05, 3.63) is 59.9 Å². The van der Waals surface area contributed by atoms with Crippen LogP contribution < -0.4 is 9.46 Å². The minimum absolute atomic E-state index is 0.215. The Bertz CT molecular complexity index is 1020. The molecule has 1 N–H and O–H groups in total. The zero-order chi connectivity index (χ0) is 21.8. The second-order valence-corrected chi connectivity index (χ2v) is 9.89. The molecule has 31 heavy (non-hydrogen) atoms. The molecule has 1 saturated heterocycles. The first-order chi connectivity index (χ1) is 14.9. The van der Waals surface area contributed by atoms with Gasteiger partial charge in [0.05, 0.1) is 6.61 Å². The Morgan fingerprint density at radius 1 is 1.10 bits per heavy atom. The van der Waals surface area contributed by atoms with Gasteiger partial charge in [-0.1, -0.05) is 12.1 Å². The Balaban J connectivity index is 1.18. The van der Waals surface area contributed by atoms with Gasteiger partial charge < -0.3 is 9.64 Å². The number of carbonyl (C=O) groups is 1. The molecule has 166 valence electrons. The largest absolute Gasteiger partial charge is 0.494 e. The molecule has 0 amide bonds. The highest BCUT2D eigenvalue weighted by molar-refractivity contribution is 7.89. The number of Topliss-reactive ketones (excluding diaryl/α,β-unsaturated/α-hetero) is 1. The van der Waals surface area contributed by atoms with Gasteiger partial charge in [-0.15, -0.1) is 0 Å². The van der Waals surface area contributed by atoms with Gasteiger partial charge in [0.1, 0.15) is 16.5 Å². The molecule has 1 aliphatic heterocycles. The molecule has 6 nitrogen and oxygen atoms in total. The van der Waals surface area contributed by atoms with Crippen molar-refractivity contribution in [3.63, 3.8) is 0 Å². The molecule has 1 saturated carbocycles. The van der Waals surface area contributed by atoms with Crippen LogP contribution >= 0.6 is 0 Å². The minimum Gasteiger partial charge on any atom is -0.494 e. The number of nitrogens with zero attached hydrogens (tertiary/aromatic N) is 1. The summed E-state index contributed by atoms with van der Waals surface area (Å²) in [6, 6.07) is 12.5. The fourth-order valence-electron chi connectivity index (χ4n) is 3.85. The Morgan fingerprint density at radius 3 is 2.55 bits per heavy atom. The van der Waals surface area contributed by atoms with Gasteiger partial charge in [0.2, 0.25) is 10.0 Å². The maximum absolute atomic E-state index is 13.8. The van der Waals surface area contributed by atoms with Crippen LogP contribution in [0.5, 0.6) is 5.75 Å². The molecular weight excluding hydrogens is 419 g/mol. The van der Waals surface area contributed by atoms with Gasteiger partial charge in [0, 0.05) is 30.6 Å². The lowest BCUT2D eigenvalue weighted by Gasteiger charge is -2.17. The summed E-state index contributed by atoms with van der Waals surface area (Å²) in [6.45, 7) is 2.70. The van der Waals surface area contributed by atoms with Crippen LogP contribution in [0.15, 0.2) is 53.4 Å². The van der Waals surface area contributed by atoms with Crippen LogP contribution in [-0.4, -0.2) is 51.4 Å². The number of ketones is 1. The molecule has 2 aliphatic rings. The van der Waals surface area contributed by atoms with Crippen LogP contribution in [0.25, 0.3) is 0 Å². The van der Waals surface area contributed by atoms with E-state index in [1.165, 1.54) is 18.2 Å². The van der Waals surface area contributed by atoms with Gasteiger partial charge in [-0.3, -0.25) is 4.79 Å². The summed E-state index contributed by atoms with van der Waals surface area (Å²) in [5.41, 5.74) is 0.746. The number of likely N-dealkylation sites (tertiary alicyclic amines) is 1. The van der Waals surface area contributed by atoms with Crippen LogP contribution in [0.3, 0.4) is 0 Å². The molecule has 2 fully saturated rings. The number of hydrogen-bond acceptors (Lipinski definition) is 5. The summed E-state index contributed by atoms with van der Waals surface area (Å²) < 4.78 is 47.1. The Hall–Kier alpha value is -2.29. The maximum Gasteiger partial charge on any atom is 0.243 e. The molecular formula is C23H27FN2O4S. The van der Waals surface area contributed by atoms with E-state index in [9.17, 15) is 17.6 Å². The summed E-state index contributed by atoms with van der Waals surface area (Å²) in [6.07, 6.45) is 3.48. The SMILES string of the molecule is O=C(c1ccc(OCCCN2CC[C@H](NS(=O)(=O)c3ccccc3F)C2)cc1)C1CC1. The van der Waals surface area contributed by atoms with Crippen LogP contribution in [0.4, 0.5) is 4.39 Å². The molecule has 2 aromatic rings. The number of ether oxygens (including phenoxy) is 1. The Morgan fingerprint density at radius 2 is 1.84 bits per heavy atom. The number of carbonyl (C=O) groups excluding carboxylic acids is 1. The third-order valence-corrected chi connectivity index (χ3v) is 7.25. The second kappa shape index (κ2) is 9.46. The van der Waals surface area contributed by atoms with Crippen molar-refractivity contribution in [2.45, 2.75) is 36.6 Å². The molecule has 4 rings (SSSR count). The Labute approximate surface area is 182 Å². The van der Waals surface area contributed by atoms with Gasteiger partial charge in [-0.2, -0.15) is 0 Å². The van der Waals surface area contributed by atoms with E-state index in [-0.39, 0.29) is 22.6 Å². The van der Waals surface area contributed by atoms with Gasteiger partial charge in [0.25, 0.3) is 0 Å². The molecule has 0 bridgehead atoms. The van der Waals surface area contributed by atoms with E-state index in [1.807, 2.05) is 24.3 Å². The molecule has 0 aromatic heterocycles. The number of hydrogen-bond donors (Lipinski definition) is 1. The average Bonchev–Trinajstić information content (AvgIpc) is 3.52. The molecule has 1 aliphatic carbocycles. The van der Waals surface area contributed by atoms with E-state index in [1.54, 1.807) is 0 Å². The van der Waals surface area contributed by atoms with E-state index in [2.05, 4.69) is 9.62 Å². The van der Waals surface area contributed by atoms with Gasteiger partial charge >= 0.3 is 0 Å². The van der Waals surface area contributed by atoms with E-state index in [0.717, 1.165) is 49.7 Å². The molecule has 1 atom stereocenters. The number of sulfonamides is 1. The van der Waals surface area contributed by atoms with Crippen LogP contribution in [0.1, 0.15) is 36.0 Å². The van der Waals surface area contributed by atoms with E-state index < -0.39 is 15.8 Å². The summed E-state index contributed by atoms with van der Waals surface area (Å²) in [7, 11) is -3.87. The average molecular weight is 447 g/mol. The van der Waals surface area contributed by atoms with Crippen molar-refractivity contribution in [2.24, 2.45) is 5.92 Å². The number of halogens is 1. The lowest BCUT2D eigenvalue weighted by Crippen LogP contribution is -2.37. The van der Waals surface area contributed by atoms with Gasteiger partial charge in [-0.25, -0.2) is 17.5 Å². The fraction of sp³-hybridized carbons (Fsp3) is 0.435. The van der Waals surface area contributed by atoms with Crippen LogP contribution in [0, 0.1) is 11.7 Å². The molecule has 0 radical (unpaired) electrons. The van der Waals surface area contributed by atoms with Gasteiger partial charge in [-0.05, 0) is 68.6 Å². The highest BCUT2D eigenvalue weighted by Crippen LogP contribution is 2.32. The number of benzene rings is 2.